The zero-order valence-corrected chi connectivity index (χ0v) is 15.1. The second kappa shape index (κ2) is 6.82. The Labute approximate surface area is 143 Å². The first-order valence-corrected chi connectivity index (χ1v) is 10.00. The van der Waals surface area contributed by atoms with Crippen LogP contribution in [0.15, 0.2) is 23.1 Å². The van der Waals surface area contributed by atoms with Gasteiger partial charge < -0.3 is 4.90 Å². The molecule has 0 bridgehead atoms. The molecule has 6 nitrogen and oxygen atoms in total. The minimum absolute atomic E-state index is 0.0654. The van der Waals surface area contributed by atoms with Gasteiger partial charge in [0.05, 0.1) is 4.90 Å². The molecule has 2 heterocycles. The van der Waals surface area contributed by atoms with Gasteiger partial charge >= 0.3 is 0 Å². The molecule has 0 spiro atoms. The summed E-state index contributed by atoms with van der Waals surface area (Å²) in [5.74, 6) is 0.0654. The van der Waals surface area contributed by atoms with Gasteiger partial charge in [0, 0.05) is 31.7 Å². The van der Waals surface area contributed by atoms with Gasteiger partial charge in [-0.3, -0.25) is 9.69 Å². The summed E-state index contributed by atoms with van der Waals surface area (Å²) in [7, 11) is -1.80. The molecule has 132 valence electrons. The molecule has 0 radical (unpaired) electrons. The Morgan fingerprint density at radius 3 is 2.62 bits per heavy atom. The zero-order chi connectivity index (χ0) is 17.3. The fourth-order valence-corrected chi connectivity index (χ4v) is 4.60. The lowest BCUT2D eigenvalue weighted by molar-refractivity contribution is -0.118. The summed E-state index contributed by atoms with van der Waals surface area (Å²) in [5, 5.41) is 0. The summed E-state index contributed by atoms with van der Waals surface area (Å²) in [5.41, 5.74) is 1.71. The van der Waals surface area contributed by atoms with Crippen molar-refractivity contribution in [2.24, 2.45) is 0 Å². The molecule has 2 aliphatic rings. The highest BCUT2D eigenvalue weighted by molar-refractivity contribution is 7.89. The number of carbonyl (C=O) groups is 1. The first-order chi connectivity index (χ1) is 11.4. The Kier molecular flexibility index (Phi) is 4.94. The molecule has 1 saturated heterocycles. The molecule has 1 fully saturated rings. The third-order valence-electron chi connectivity index (χ3n) is 5.04. The number of benzene rings is 1. The van der Waals surface area contributed by atoms with Crippen LogP contribution < -0.4 is 9.62 Å². The van der Waals surface area contributed by atoms with E-state index in [9.17, 15) is 13.2 Å². The lowest BCUT2D eigenvalue weighted by atomic mass is 10.0. The molecule has 7 heteroatoms. The summed E-state index contributed by atoms with van der Waals surface area (Å²) in [4.78, 5) is 15.9. The van der Waals surface area contributed by atoms with Gasteiger partial charge in [-0.05, 0) is 63.0 Å². The monoisotopic (exact) mass is 351 g/mol. The molecule has 0 saturated carbocycles. The van der Waals surface area contributed by atoms with E-state index in [-0.39, 0.29) is 16.8 Å². The maximum absolute atomic E-state index is 12.6. The second-order valence-electron chi connectivity index (χ2n) is 6.69. The topological polar surface area (TPSA) is 69.7 Å². The number of carbonyl (C=O) groups excluding carboxylic acids is 1. The number of rotatable bonds is 5. The van der Waals surface area contributed by atoms with E-state index in [1.54, 1.807) is 30.1 Å². The number of anilines is 1. The van der Waals surface area contributed by atoms with Crippen molar-refractivity contribution in [2.75, 3.05) is 31.6 Å². The Morgan fingerprint density at radius 1 is 1.21 bits per heavy atom. The van der Waals surface area contributed by atoms with E-state index in [0.29, 0.717) is 19.4 Å². The molecule has 3 rings (SSSR count). The van der Waals surface area contributed by atoms with Crippen LogP contribution in [0.5, 0.6) is 0 Å². The van der Waals surface area contributed by atoms with E-state index in [2.05, 4.69) is 16.5 Å². The highest BCUT2D eigenvalue weighted by Crippen LogP contribution is 2.28. The van der Waals surface area contributed by atoms with Crippen molar-refractivity contribution in [3.8, 4) is 0 Å². The predicted octanol–water partition coefficient (Wildman–Crippen LogP) is 1.36. The van der Waals surface area contributed by atoms with Crippen LogP contribution in [0.2, 0.25) is 0 Å². The summed E-state index contributed by atoms with van der Waals surface area (Å²) in [6.07, 6.45) is 3.39. The number of hydrogen-bond acceptors (Lipinski definition) is 4. The molecule has 2 aliphatic heterocycles. The second-order valence-corrected chi connectivity index (χ2v) is 8.45. The normalized spacial score (nSPS) is 20.2. The number of amides is 1. The fraction of sp³-hybridized carbons (Fsp3) is 0.588. The van der Waals surface area contributed by atoms with Gasteiger partial charge in [-0.2, -0.15) is 0 Å². The van der Waals surface area contributed by atoms with Gasteiger partial charge in [-0.25, -0.2) is 13.1 Å². The molecule has 1 amide bonds. The van der Waals surface area contributed by atoms with E-state index in [4.69, 9.17) is 0 Å². The van der Waals surface area contributed by atoms with Crippen LogP contribution in [0.3, 0.4) is 0 Å². The first kappa shape index (κ1) is 17.4. The summed E-state index contributed by atoms with van der Waals surface area (Å²) in [6, 6.07) is 5.20. The van der Waals surface area contributed by atoms with E-state index in [1.807, 2.05) is 0 Å². The average molecular weight is 351 g/mol. The van der Waals surface area contributed by atoms with Crippen molar-refractivity contribution < 1.29 is 13.2 Å². The molecule has 1 unspecified atom stereocenters. The van der Waals surface area contributed by atoms with Crippen molar-refractivity contribution in [3.63, 3.8) is 0 Å². The minimum atomic E-state index is -3.53. The van der Waals surface area contributed by atoms with Gasteiger partial charge in [0.15, 0.2) is 0 Å². The Balaban J connectivity index is 1.72. The number of fused-ring (bicyclic) bond motifs is 1. The maximum Gasteiger partial charge on any atom is 0.240 e. The van der Waals surface area contributed by atoms with Gasteiger partial charge in [0.25, 0.3) is 0 Å². The smallest absolute Gasteiger partial charge is 0.240 e. The van der Waals surface area contributed by atoms with Crippen LogP contribution in [0, 0.1) is 0 Å². The number of likely N-dealkylation sites (tertiary alicyclic amines) is 1. The van der Waals surface area contributed by atoms with Gasteiger partial charge in [0.2, 0.25) is 15.9 Å². The molecule has 24 heavy (non-hydrogen) atoms. The quantitative estimate of drug-likeness (QED) is 0.870. The predicted molar refractivity (Wildman–Crippen MR) is 93.6 cm³/mol. The van der Waals surface area contributed by atoms with Crippen molar-refractivity contribution in [1.82, 2.24) is 9.62 Å². The highest BCUT2D eigenvalue weighted by atomic mass is 32.2. The Bertz CT molecular complexity index is 727. The number of nitrogens with one attached hydrogen (secondary N) is 1. The van der Waals surface area contributed by atoms with Gasteiger partial charge in [-0.1, -0.05) is 0 Å². The summed E-state index contributed by atoms with van der Waals surface area (Å²) >= 11 is 0. The van der Waals surface area contributed by atoms with Crippen molar-refractivity contribution in [3.05, 3.63) is 23.8 Å². The van der Waals surface area contributed by atoms with E-state index in [1.165, 1.54) is 12.8 Å². The maximum atomic E-state index is 12.6. The third-order valence-corrected chi connectivity index (χ3v) is 6.46. The number of sulfonamides is 1. The average Bonchev–Trinajstić information content (AvgIpc) is 3.10. The molecule has 1 aromatic carbocycles. The van der Waals surface area contributed by atoms with Crippen molar-refractivity contribution in [1.29, 1.82) is 0 Å². The van der Waals surface area contributed by atoms with Crippen LogP contribution in [0.4, 0.5) is 5.69 Å². The van der Waals surface area contributed by atoms with E-state index >= 15 is 0 Å². The van der Waals surface area contributed by atoms with Crippen molar-refractivity contribution >= 4 is 21.6 Å². The lowest BCUT2D eigenvalue weighted by Crippen LogP contribution is -2.40. The SMILES string of the molecule is CC(CNS(=O)(=O)c1ccc2c(c1)CCC(=O)N2C)N1CCCC1. The molecular weight excluding hydrogens is 326 g/mol. The zero-order valence-electron chi connectivity index (χ0n) is 14.3. The number of hydrogen-bond donors (Lipinski definition) is 1. The van der Waals surface area contributed by atoms with Gasteiger partial charge in [-0.15, -0.1) is 0 Å². The Morgan fingerprint density at radius 2 is 1.92 bits per heavy atom. The standard InChI is InChI=1S/C17H25N3O3S/c1-13(20-9-3-4-10-20)12-18-24(22,23)15-6-7-16-14(11-15)5-8-17(21)19(16)2/h6-7,11,13,18H,3-5,8-10,12H2,1-2H3. The molecular formula is C17H25N3O3S. The lowest BCUT2D eigenvalue weighted by Gasteiger charge is -2.26. The summed E-state index contributed by atoms with van der Waals surface area (Å²) < 4.78 is 27.9. The summed E-state index contributed by atoms with van der Waals surface area (Å²) in [6.45, 7) is 4.56. The number of aryl methyl sites for hydroxylation is 1. The van der Waals surface area contributed by atoms with E-state index < -0.39 is 10.0 Å². The molecule has 0 aliphatic carbocycles. The minimum Gasteiger partial charge on any atom is -0.315 e. The highest BCUT2D eigenvalue weighted by Gasteiger charge is 2.25. The fourth-order valence-electron chi connectivity index (χ4n) is 3.43. The van der Waals surface area contributed by atoms with Crippen LogP contribution in [-0.2, 0) is 21.2 Å². The van der Waals surface area contributed by atoms with Crippen LogP contribution in [0.25, 0.3) is 0 Å². The van der Waals surface area contributed by atoms with E-state index in [0.717, 1.165) is 24.3 Å². The largest absolute Gasteiger partial charge is 0.315 e. The first-order valence-electron chi connectivity index (χ1n) is 8.52. The third kappa shape index (κ3) is 3.48. The Hall–Kier alpha value is -1.44. The van der Waals surface area contributed by atoms with Crippen molar-refractivity contribution in [2.45, 2.75) is 43.5 Å². The number of nitrogens with zero attached hydrogens (tertiary/aromatic N) is 2. The molecule has 1 N–H and O–H groups in total. The van der Waals surface area contributed by atoms with Gasteiger partial charge in [0.1, 0.15) is 0 Å². The van der Waals surface area contributed by atoms with Crippen LogP contribution in [0.1, 0.15) is 31.7 Å². The van der Waals surface area contributed by atoms with Crippen LogP contribution >= 0.6 is 0 Å². The molecule has 1 aromatic rings. The molecule has 0 aromatic heterocycles. The molecule has 1 atom stereocenters. The van der Waals surface area contributed by atoms with Crippen LogP contribution in [-0.4, -0.2) is 51.9 Å².